The summed E-state index contributed by atoms with van der Waals surface area (Å²) in [5, 5.41) is 7.60. The number of carboxylic acid groups (broad SMARTS) is 1. The van der Waals surface area contributed by atoms with Crippen LogP contribution < -0.4 is 6.15 Å². The Labute approximate surface area is 89.7 Å². The quantitative estimate of drug-likeness (QED) is 0.461. The number of nitrogens with zero attached hydrogens (tertiary/aromatic N) is 1. The Morgan fingerprint density at radius 3 is 1.87 bits per heavy atom. The fraction of sp³-hybridized carbons (Fsp3) is 0.571. The molecule has 0 aromatic rings. The molecule has 0 fully saturated rings. The van der Waals surface area contributed by atoms with Crippen LogP contribution in [-0.4, -0.2) is 55.3 Å². The summed E-state index contributed by atoms with van der Waals surface area (Å²) in [5.74, 6) is -1.18. The first-order valence-electron chi connectivity index (χ1n) is 3.64. The van der Waals surface area contributed by atoms with Gasteiger partial charge >= 0.3 is 5.97 Å². The van der Waals surface area contributed by atoms with Gasteiger partial charge in [0, 0.05) is 12.6 Å². The second-order valence-corrected chi connectivity index (χ2v) is 4.20. The van der Waals surface area contributed by atoms with Crippen molar-refractivity contribution in [1.82, 2.24) is 11.1 Å². The van der Waals surface area contributed by atoms with E-state index in [9.17, 15) is 13.2 Å². The molecule has 0 aliphatic rings. The maximum absolute atomic E-state index is 10.1. The molecule has 5 N–H and O–H groups in total. The molecule has 0 aliphatic carbocycles. The van der Waals surface area contributed by atoms with Gasteiger partial charge in [0.05, 0.1) is 5.75 Å². The molecular weight excluding hydrogens is 224 g/mol. The van der Waals surface area contributed by atoms with Crippen LogP contribution in [0.25, 0.3) is 0 Å². The highest BCUT2D eigenvalue weighted by Crippen LogP contribution is 1.82. The molecule has 7 nitrogen and oxygen atoms in total. The molecule has 0 aromatic heterocycles. The molecule has 15 heavy (non-hydrogen) atoms. The normalized spacial score (nSPS) is 9.60. The topological polar surface area (TPSA) is 130 Å². The third-order valence-corrected chi connectivity index (χ3v) is 1.67. The monoisotopic (exact) mass is 242 g/mol. The van der Waals surface area contributed by atoms with Crippen molar-refractivity contribution in [3.8, 4) is 0 Å². The molecular formula is C7H18N2O5S. The Morgan fingerprint density at radius 2 is 1.80 bits per heavy atom. The van der Waals surface area contributed by atoms with Crippen molar-refractivity contribution in [3.63, 3.8) is 0 Å². The van der Waals surface area contributed by atoms with Gasteiger partial charge in [-0.3, -0.25) is 4.55 Å². The van der Waals surface area contributed by atoms with Crippen molar-refractivity contribution < 1.29 is 22.9 Å². The van der Waals surface area contributed by atoms with Gasteiger partial charge in [0.25, 0.3) is 10.1 Å². The molecule has 8 heteroatoms. The summed E-state index contributed by atoms with van der Waals surface area (Å²) in [5.41, 5.74) is 0. The van der Waals surface area contributed by atoms with Crippen LogP contribution in [0.5, 0.6) is 0 Å². The third-order valence-electron chi connectivity index (χ3n) is 0.971. The lowest BCUT2D eigenvalue weighted by molar-refractivity contribution is -0.131. The summed E-state index contributed by atoms with van der Waals surface area (Å²) in [6.07, 6.45) is 0.833. The molecule has 0 aromatic carbocycles. The Balaban J connectivity index is -0.000000208. The van der Waals surface area contributed by atoms with Gasteiger partial charge in [-0.05, 0) is 14.1 Å². The van der Waals surface area contributed by atoms with Crippen LogP contribution in [0.2, 0.25) is 0 Å². The number of aliphatic carboxylic acids is 1. The van der Waals surface area contributed by atoms with Gasteiger partial charge in [-0.2, -0.15) is 8.42 Å². The Kier molecular flexibility index (Phi) is 12.5. The molecule has 0 radical (unpaired) electrons. The predicted octanol–water partition coefficient (Wildman–Crippen LogP) is -0.145. The minimum Gasteiger partial charge on any atom is -0.478 e. The van der Waals surface area contributed by atoms with E-state index in [1.165, 1.54) is 0 Å². The van der Waals surface area contributed by atoms with Crippen molar-refractivity contribution in [2.24, 2.45) is 0 Å². The first kappa shape index (κ1) is 19.6. The third kappa shape index (κ3) is 32.1. The molecule has 0 bridgehead atoms. The van der Waals surface area contributed by atoms with E-state index in [1.54, 1.807) is 19.0 Å². The fourth-order valence-electron chi connectivity index (χ4n) is 0.298. The first-order chi connectivity index (χ1) is 6.19. The highest BCUT2D eigenvalue weighted by Gasteiger charge is 2.03. The minimum atomic E-state index is -3.76. The van der Waals surface area contributed by atoms with Gasteiger partial charge in [0.2, 0.25) is 0 Å². The van der Waals surface area contributed by atoms with E-state index in [-0.39, 0.29) is 11.9 Å². The molecule has 0 aliphatic heterocycles. The van der Waals surface area contributed by atoms with Crippen LogP contribution in [0.4, 0.5) is 0 Å². The maximum Gasteiger partial charge on any atom is 0.327 e. The van der Waals surface area contributed by atoms with Gasteiger partial charge < -0.3 is 16.2 Å². The number of carbonyl (C=O) groups is 1. The minimum absolute atomic E-state index is 0. The van der Waals surface area contributed by atoms with E-state index in [2.05, 4.69) is 6.58 Å². The number of rotatable bonds is 4. The van der Waals surface area contributed by atoms with E-state index in [0.717, 1.165) is 6.08 Å². The fourth-order valence-corrected chi connectivity index (χ4v) is 0.894. The average molecular weight is 242 g/mol. The number of hydrogen-bond donors (Lipinski definition) is 3. The van der Waals surface area contributed by atoms with Crippen LogP contribution in [0, 0.1) is 0 Å². The van der Waals surface area contributed by atoms with Gasteiger partial charge in [0.1, 0.15) is 0 Å². The van der Waals surface area contributed by atoms with Crippen molar-refractivity contribution >= 4 is 16.1 Å². The van der Waals surface area contributed by atoms with E-state index in [1.807, 2.05) is 0 Å². The lowest BCUT2D eigenvalue weighted by Gasteiger charge is -2.05. The Hall–Kier alpha value is -0.960. The zero-order valence-corrected chi connectivity index (χ0v) is 9.70. The van der Waals surface area contributed by atoms with E-state index < -0.39 is 16.1 Å². The Bertz CT molecular complexity index is 273. The van der Waals surface area contributed by atoms with Crippen LogP contribution in [0.3, 0.4) is 0 Å². The average Bonchev–Trinajstić information content (AvgIpc) is 2.01. The lowest BCUT2D eigenvalue weighted by atomic mass is 10.7. The van der Waals surface area contributed by atoms with Crippen LogP contribution in [-0.2, 0) is 14.9 Å². The predicted molar refractivity (Wildman–Crippen MR) is 57.8 cm³/mol. The van der Waals surface area contributed by atoms with Crippen molar-refractivity contribution in [2.75, 3.05) is 26.4 Å². The molecule has 92 valence electrons. The van der Waals surface area contributed by atoms with Crippen LogP contribution >= 0.6 is 0 Å². The summed E-state index contributed by atoms with van der Waals surface area (Å²) in [4.78, 5) is 10.9. The summed E-state index contributed by atoms with van der Waals surface area (Å²) in [6, 6.07) is 0. The lowest BCUT2D eigenvalue weighted by Crippen LogP contribution is -2.21. The van der Waals surface area contributed by atoms with Crippen LogP contribution in [0.1, 0.15) is 0 Å². The second-order valence-electron chi connectivity index (χ2n) is 2.63. The van der Waals surface area contributed by atoms with E-state index in [4.69, 9.17) is 9.66 Å². The largest absolute Gasteiger partial charge is 0.478 e. The summed E-state index contributed by atoms with van der Waals surface area (Å²) < 4.78 is 28.3. The molecule has 0 rings (SSSR count). The van der Waals surface area contributed by atoms with Crippen molar-refractivity contribution in [3.05, 3.63) is 12.7 Å². The molecule has 0 saturated heterocycles. The van der Waals surface area contributed by atoms with Crippen LogP contribution in [0.15, 0.2) is 12.7 Å². The molecule has 0 amide bonds. The number of carboxylic acids is 1. The number of hydrogen-bond acceptors (Lipinski definition) is 5. The van der Waals surface area contributed by atoms with Crippen molar-refractivity contribution in [2.45, 2.75) is 0 Å². The molecule has 0 spiro atoms. The SMILES string of the molecule is C=CC(=O)O.CN(C)CCS(=O)(=O)O.N. The molecule has 0 saturated carbocycles. The Morgan fingerprint density at radius 1 is 1.47 bits per heavy atom. The molecule has 0 heterocycles. The van der Waals surface area contributed by atoms with Crippen molar-refractivity contribution in [1.29, 1.82) is 0 Å². The summed E-state index contributed by atoms with van der Waals surface area (Å²) in [6.45, 7) is 3.32. The summed E-state index contributed by atoms with van der Waals surface area (Å²) >= 11 is 0. The van der Waals surface area contributed by atoms with Gasteiger partial charge in [-0.1, -0.05) is 6.58 Å². The highest BCUT2D eigenvalue weighted by atomic mass is 32.2. The molecule has 0 unspecified atom stereocenters. The maximum atomic E-state index is 10.1. The first-order valence-corrected chi connectivity index (χ1v) is 5.25. The van der Waals surface area contributed by atoms with Gasteiger partial charge in [0.15, 0.2) is 0 Å². The second kappa shape index (κ2) is 9.59. The van der Waals surface area contributed by atoms with E-state index in [0.29, 0.717) is 6.54 Å². The highest BCUT2D eigenvalue weighted by molar-refractivity contribution is 7.85. The standard InChI is InChI=1S/C4H11NO3S.C3H4O2.H3N/c1-5(2)3-4-9(6,7)8;1-2-3(4)5;/h3-4H2,1-2H3,(H,6,7,8);2H,1H2,(H,4,5);1H3. The zero-order chi connectivity index (χ0) is 11.8. The molecule has 0 atom stereocenters. The smallest absolute Gasteiger partial charge is 0.327 e. The zero-order valence-electron chi connectivity index (χ0n) is 8.88. The van der Waals surface area contributed by atoms with E-state index >= 15 is 0 Å². The summed E-state index contributed by atoms with van der Waals surface area (Å²) in [7, 11) is -0.278. The van der Waals surface area contributed by atoms with Gasteiger partial charge in [-0.25, -0.2) is 4.79 Å². The van der Waals surface area contributed by atoms with Gasteiger partial charge in [-0.15, -0.1) is 0 Å².